The van der Waals surface area contributed by atoms with E-state index in [9.17, 15) is 9.59 Å². The maximum Gasteiger partial charge on any atom is 0.243 e. The zero-order valence-electron chi connectivity index (χ0n) is 14.2. The summed E-state index contributed by atoms with van der Waals surface area (Å²) in [5, 5.41) is 17.4. The molecule has 140 valence electrons. The molecule has 6 N–H and O–H groups in total. The number of halogens is 1. The molecule has 0 aliphatic heterocycles. The van der Waals surface area contributed by atoms with Crippen LogP contribution < -0.4 is 21.7 Å². The summed E-state index contributed by atoms with van der Waals surface area (Å²) in [6, 6.07) is 7.53. The second kappa shape index (κ2) is 10.4. The summed E-state index contributed by atoms with van der Waals surface area (Å²) in [5.74, 6) is -0.637. The summed E-state index contributed by atoms with van der Waals surface area (Å²) in [4.78, 5) is 27.0. The topological polar surface area (TPSA) is 133 Å². The number of hydrogen-bond donors (Lipinski definition) is 5. The largest absolute Gasteiger partial charge is 0.370 e. The highest BCUT2D eigenvalue weighted by Gasteiger charge is 2.05. The predicted molar refractivity (Wildman–Crippen MR) is 106 cm³/mol. The summed E-state index contributed by atoms with van der Waals surface area (Å²) >= 11 is 1.41. The highest BCUT2D eigenvalue weighted by Crippen LogP contribution is 2.17. The van der Waals surface area contributed by atoms with Gasteiger partial charge in [-0.25, -0.2) is 4.98 Å². The Hall–Kier alpha value is -2.65. The van der Waals surface area contributed by atoms with E-state index in [0.29, 0.717) is 10.8 Å². The minimum atomic E-state index is -0.268. The summed E-state index contributed by atoms with van der Waals surface area (Å²) in [5.41, 5.74) is 7.86. The smallest absolute Gasteiger partial charge is 0.243 e. The minimum absolute atomic E-state index is 0. The molecule has 1 aromatic heterocycles. The van der Waals surface area contributed by atoms with Gasteiger partial charge < -0.3 is 21.7 Å². The molecule has 2 rings (SSSR count). The fourth-order valence-electron chi connectivity index (χ4n) is 2.04. The third kappa shape index (κ3) is 7.49. The molecule has 1 heterocycles. The van der Waals surface area contributed by atoms with Crippen LogP contribution in [0.1, 0.15) is 18.2 Å². The van der Waals surface area contributed by atoms with Crippen molar-refractivity contribution in [3.05, 3.63) is 40.9 Å². The van der Waals surface area contributed by atoms with Crippen molar-refractivity contribution in [1.82, 2.24) is 10.3 Å². The number of anilines is 2. The number of aromatic nitrogens is 1. The quantitative estimate of drug-likeness (QED) is 0.359. The van der Waals surface area contributed by atoms with Crippen molar-refractivity contribution in [1.29, 1.82) is 5.41 Å². The van der Waals surface area contributed by atoms with Gasteiger partial charge in [0.15, 0.2) is 11.1 Å². The molecular weight excluding hydrogens is 376 g/mol. The van der Waals surface area contributed by atoms with Gasteiger partial charge in [-0.3, -0.25) is 15.0 Å². The van der Waals surface area contributed by atoms with Crippen LogP contribution in [0.15, 0.2) is 29.6 Å². The van der Waals surface area contributed by atoms with Crippen molar-refractivity contribution in [2.75, 3.05) is 17.2 Å². The van der Waals surface area contributed by atoms with E-state index in [1.54, 1.807) is 0 Å². The lowest BCUT2D eigenvalue weighted by molar-refractivity contribution is -0.115. The van der Waals surface area contributed by atoms with Gasteiger partial charge in [-0.15, -0.1) is 23.7 Å². The van der Waals surface area contributed by atoms with E-state index >= 15 is 0 Å². The van der Waals surface area contributed by atoms with Crippen LogP contribution in [-0.2, 0) is 22.4 Å². The van der Waals surface area contributed by atoms with Crippen LogP contribution >= 0.6 is 23.7 Å². The number of benzene rings is 1. The average Bonchev–Trinajstić information content (AvgIpc) is 2.99. The van der Waals surface area contributed by atoms with E-state index in [1.807, 2.05) is 29.6 Å². The molecule has 0 fully saturated rings. The van der Waals surface area contributed by atoms with Crippen LogP contribution in [0, 0.1) is 5.41 Å². The first-order valence-corrected chi connectivity index (χ1v) is 8.49. The number of carbonyl (C=O) groups is 2. The number of rotatable bonds is 7. The van der Waals surface area contributed by atoms with Gasteiger partial charge in [0.2, 0.25) is 11.8 Å². The highest BCUT2D eigenvalue weighted by molar-refractivity contribution is 7.13. The number of thiazole rings is 1. The van der Waals surface area contributed by atoms with Gasteiger partial charge in [-0.2, -0.15) is 0 Å². The predicted octanol–water partition coefficient (Wildman–Crippen LogP) is 1.73. The zero-order chi connectivity index (χ0) is 18.2. The maximum absolute atomic E-state index is 11.6. The minimum Gasteiger partial charge on any atom is -0.370 e. The van der Waals surface area contributed by atoms with Gasteiger partial charge in [0.1, 0.15) is 0 Å². The molecule has 26 heavy (non-hydrogen) atoms. The number of guanidine groups is 1. The van der Waals surface area contributed by atoms with E-state index in [0.717, 1.165) is 24.1 Å². The van der Waals surface area contributed by atoms with Crippen LogP contribution in [-0.4, -0.2) is 29.3 Å². The van der Waals surface area contributed by atoms with Crippen molar-refractivity contribution in [3.8, 4) is 0 Å². The lowest BCUT2D eigenvalue weighted by Crippen LogP contribution is -2.36. The fourth-order valence-corrected chi connectivity index (χ4v) is 2.83. The van der Waals surface area contributed by atoms with Crippen molar-refractivity contribution in [3.63, 3.8) is 0 Å². The van der Waals surface area contributed by atoms with Crippen LogP contribution in [0.25, 0.3) is 0 Å². The number of nitrogens with two attached hydrogens (primary N) is 1. The Balaban J connectivity index is 0.00000338. The second-order valence-corrected chi connectivity index (χ2v) is 6.20. The van der Waals surface area contributed by atoms with E-state index in [-0.39, 0.29) is 36.7 Å². The molecule has 0 radical (unpaired) electrons. The molecular formula is C16H21ClN6O2S. The summed E-state index contributed by atoms with van der Waals surface area (Å²) in [7, 11) is 0. The molecule has 0 unspecified atom stereocenters. The highest BCUT2D eigenvalue weighted by atomic mass is 35.5. The first kappa shape index (κ1) is 21.4. The van der Waals surface area contributed by atoms with E-state index < -0.39 is 0 Å². The second-order valence-electron chi connectivity index (χ2n) is 5.34. The molecule has 0 bridgehead atoms. The maximum atomic E-state index is 11.6. The van der Waals surface area contributed by atoms with Gasteiger partial charge >= 0.3 is 0 Å². The fraction of sp³-hybridized carbons (Fsp3) is 0.250. The Bertz CT molecular complexity index is 762. The first-order chi connectivity index (χ1) is 11.9. The number of nitrogens with one attached hydrogen (secondary N) is 4. The molecule has 8 nitrogen and oxygen atoms in total. The molecule has 0 spiro atoms. The molecule has 0 saturated carbocycles. The Morgan fingerprint density at radius 1 is 1.19 bits per heavy atom. The molecule has 0 atom stereocenters. The van der Waals surface area contributed by atoms with Crippen molar-refractivity contribution < 1.29 is 9.59 Å². The average molecular weight is 397 g/mol. The Kier molecular flexibility index (Phi) is 8.53. The lowest BCUT2D eigenvalue weighted by Gasteiger charge is -2.07. The molecule has 10 heteroatoms. The monoisotopic (exact) mass is 396 g/mol. The van der Waals surface area contributed by atoms with Gasteiger partial charge in [-0.05, 0) is 30.5 Å². The number of carbonyl (C=O) groups excluding carboxylic acids is 2. The van der Waals surface area contributed by atoms with Crippen LogP contribution in [0.5, 0.6) is 0 Å². The molecule has 1 aromatic carbocycles. The Labute approximate surface area is 161 Å². The SMILES string of the molecule is CC(=O)Nc1nc(CCc2ccc(NC(=O)CNC(=N)N)cc2)cs1.Cl. The summed E-state index contributed by atoms with van der Waals surface area (Å²) in [6.07, 6.45) is 1.58. The zero-order valence-corrected chi connectivity index (χ0v) is 15.8. The molecule has 0 saturated heterocycles. The van der Waals surface area contributed by atoms with Crippen molar-refractivity contribution in [2.45, 2.75) is 19.8 Å². The third-order valence-electron chi connectivity index (χ3n) is 3.18. The standard InChI is InChI=1S/C16H20N6O2S.ClH/c1-10(23)20-16-22-13(9-25-16)7-4-11-2-5-12(6-3-11)21-14(24)8-19-15(17)18;/h2-3,5-6,9H,4,7-8H2,1H3,(H,21,24)(H4,17,18,19)(H,20,22,23);1H. The Morgan fingerprint density at radius 3 is 2.50 bits per heavy atom. The van der Waals surface area contributed by atoms with E-state index in [1.165, 1.54) is 18.3 Å². The number of aryl methyl sites for hydroxylation is 2. The molecule has 0 aliphatic carbocycles. The van der Waals surface area contributed by atoms with Crippen LogP contribution in [0.2, 0.25) is 0 Å². The van der Waals surface area contributed by atoms with Gasteiger partial charge in [0, 0.05) is 18.0 Å². The summed E-state index contributed by atoms with van der Waals surface area (Å²) < 4.78 is 0. The molecule has 2 aromatic rings. The molecule has 0 aliphatic rings. The van der Waals surface area contributed by atoms with Crippen LogP contribution in [0.4, 0.5) is 10.8 Å². The number of amides is 2. The number of nitrogens with zero attached hydrogens (tertiary/aromatic N) is 1. The first-order valence-electron chi connectivity index (χ1n) is 7.61. The van der Waals surface area contributed by atoms with E-state index in [4.69, 9.17) is 11.1 Å². The third-order valence-corrected chi connectivity index (χ3v) is 3.99. The van der Waals surface area contributed by atoms with Crippen LogP contribution in [0.3, 0.4) is 0 Å². The Morgan fingerprint density at radius 2 is 1.88 bits per heavy atom. The van der Waals surface area contributed by atoms with Gasteiger partial charge in [-0.1, -0.05) is 12.1 Å². The van der Waals surface area contributed by atoms with E-state index in [2.05, 4.69) is 20.9 Å². The number of hydrogen-bond acceptors (Lipinski definition) is 5. The molecule has 2 amide bonds. The normalized spacial score (nSPS) is 9.73. The summed E-state index contributed by atoms with van der Waals surface area (Å²) in [6.45, 7) is 1.41. The van der Waals surface area contributed by atoms with Gasteiger partial charge in [0.25, 0.3) is 0 Å². The van der Waals surface area contributed by atoms with Crippen molar-refractivity contribution in [2.24, 2.45) is 5.73 Å². The van der Waals surface area contributed by atoms with Crippen molar-refractivity contribution >= 4 is 52.3 Å². The van der Waals surface area contributed by atoms with Gasteiger partial charge in [0.05, 0.1) is 12.2 Å². The lowest BCUT2D eigenvalue weighted by atomic mass is 10.1.